The minimum Gasteiger partial charge on any atom is -0.481 e. The average Bonchev–Trinajstić information content (AvgIpc) is 2.08. The summed E-state index contributed by atoms with van der Waals surface area (Å²) in [5.41, 5.74) is 2.51. The monoisotopic (exact) mass is 196 g/mol. The molecule has 0 radical (unpaired) electrons. The lowest BCUT2D eigenvalue weighted by molar-refractivity contribution is -0.136. The minimum atomic E-state index is -0.720. The summed E-state index contributed by atoms with van der Waals surface area (Å²) < 4.78 is 0. The first-order chi connectivity index (χ1) is 6.52. The quantitative estimate of drug-likeness (QED) is 0.521. The summed E-state index contributed by atoms with van der Waals surface area (Å²) in [7, 11) is 0. The van der Waals surface area contributed by atoms with Gasteiger partial charge in [0.15, 0.2) is 0 Å². The van der Waals surface area contributed by atoms with Crippen LogP contribution in [0.15, 0.2) is 23.3 Å². The predicted octanol–water partition coefficient (Wildman–Crippen LogP) is 3.54. The van der Waals surface area contributed by atoms with E-state index in [0.717, 1.165) is 12.8 Å². The van der Waals surface area contributed by atoms with Gasteiger partial charge in [-0.25, -0.2) is 0 Å². The number of carboxylic acids is 1. The van der Waals surface area contributed by atoms with Crippen molar-refractivity contribution < 1.29 is 9.90 Å². The number of unbranched alkanes of at least 4 members (excludes halogenated alkanes) is 1. The molecule has 0 spiro atoms. The molecule has 0 atom stereocenters. The Morgan fingerprint density at radius 3 is 2.14 bits per heavy atom. The zero-order chi connectivity index (χ0) is 11.0. The lowest BCUT2D eigenvalue weighted by Crippen LogP contribution is -1.94. The molecule has 0 rings (SSSR count). The van der Waals surface area contributed by atoms with E-state index in [0.29, 0.717) is 6.42 Å². The maximum absolute atomic E-state index is 10.3. The summed E-state index contributed by atoms with van der Waals surface area (Å²) in [4.78, 5) is 10.3. The zero-order valence-electron chi connectivity index (χ0n) is 9.34. The Labute approximate surface area is 86.3 Å². The van der Waals surface area contributed by atoms with Crippen LogP contribution in [0.5, 0.6) is 0 Å². The lowest BCUT2D eigenvalue weighted by atomic mass is 10.1. The summed E-state index contributed by atoms with van der Waals surface area (Å²) in [5.74, 6) is -0.720. The van der Waals surface area contributed by atoms with Gasteiger partial charge in [0, 0.05) is 6.42 Å². The van der Waals surface area contributed by atoms with E-state index in [9.17, 15) is 4.79 Å². The van der Waals surface area contributed by atoms with Crippen LogP contribution in [0, 0.1) is 0 Å². The van der Waals surface area contributed by atoms with E-state index in [1.807, 2.05) is 6.92 Å². The van der Waals surface area contributed by atoms with E-state index in [1.165, 1.54) is 11.1 Å². The Bertz CT molecular complexity index is 233. The van der Waals surface area contributed by atoms with Gasteiger partial charge in [0.05, 0.1) is 0 Å². The van der Waals surface area contributed by atoms with Crippen LogP contribution in [0.3, 0.4) is 0 Å². The Morgan fingerprint density at radius 2 is 1.64 bits per heavy atom. The molecule has 0 aromatic heterocycles. The molecule has 2 heteroatoms. The molecule has 0 aromatic carbocycles. The highest BCUT2D eigenvalue weighted by Crippen LogP contribution is 2.07. The van der Waals surface area contributed by atoms with Crippen molar-refractivity contribution in [2.45, 2.75) is 46.5 Å². The third-order valence-electron chi connectivity index (χ3n) is 1.95. The summed E-state index contributed by atoms with van der Waals surface area (Å²) >= 11 is 0. The van der Waals surface area contributed by atoms with Gasteiger partial charge in [-0.1, -0.05) is 23.3 Å². The highest BCUT2D eigenvalue weighted by molar-refractivity contribution is 5.66. The second-order valence-electron chi connectivity index (χ2n) is 3.80. The Balaban J connectivity index is 3.66. The van der Waals surface area contributed by atoms with Crippen LogP contribution in [0.1, 0.15) is 46.5 Å². The molecule has 2 nitrogen and oxygen atoms in total. The fourth-order valence-corrected chi connectivity index (χ4v) is 1.11. The van der Waals surface area contributed by atoms with Gasteiger partial charge in [-0.3, -0.25) is 4.79 Å². The van der Waals surface area contributed by atoms with Crippen LogP contribution in [0.4, 0.5) is 0 Å². The van der Waals surface area contributed by atoms with Crippen LogP contribution in [-0.4, -0.2) is 11.1 Å². The maximum Gasteiger partial charge on any atom is 0.303 e. The van der Waals surface area contributed by atoms with Crippen LogP contribution in [0.25, 0.3) is 0 Å². The topological polar surface area (TPSA) is 37.3 Å². The van der Waals surface area contributed by atoms with Gasteiger partial charge in [-0.15, -0.1) is 0 Å². The molecule has 0 aliphatic rings. The number of aliphatic carboxylic acids is 1. The summed E-state index contributed by atoms with van der Waals surface area (Å²) in [6.07, 6.45) is 7.29. The van der Waals surface area contributed by atoms with Gasteiger partial charge in [-0.2, -0.15) is 0 Å². The first-order valence-corrected chi connectivity index (χ1v) is 5.03. The van der Waals surface area contributed by atoms with Crippen LogP contribution < -0.4 is 0 Å². The van der Waals surface area contributed by atoms with Gasteiger partial charge < -0.3 is 5.11 Å². The van der Waals surface area contributed by atoms with Crippen molar-refractivity contribution in [2.75, 3.05) is 0 Å². The molecule has 0 aromatic rings. The number of carbonyl (C=O) groups is 1. The molecule has 1 N–H and O–H groups in total. The molecule has 0 saturated carbocycles. The molecule has 0 unspecified atom stereocenters. The highest BCUT2D eigenvalue weighted by Gasteiger charge is 1.96. The molecule has 0 bridgehead atoms. The molecule has 14 heavy (non-hydrogen) atoms. The first kappa shape index (κ1) is 12.9. The Hall–Kier alpha value is -1.05. The van der Waals surface area contributed by atoms with E-state index in [4.69, 9.17) is 5.11 Å². The second kappa shape index (κ2) is 7.36. The number of allylic oxidation sites excluding steroid dienone is 4. The Morgan fingerprint density at radius 1 is 1.07 bits per heavy atom. The molecule has 0 heterocycles. The molecule has 0 aliphatic carbocycles. The van der Waals surface area contributed by atoms with E-state index in [2.05, 4.69) is 26.0 Å². The minimum absolute atomic E-state index is 0.241. The van der Waals surface area contributed by atoms with Crippen molar-refractivity contribution in [1.29, 1.82) is 0 Å². The second-order valence-corrected chi connectivity index (χ2v) is 3.80. The number of hydrogen-bond acceptors (Lipinski definition) is 1. The van der Waals surface area contributed by atoms with Crippen LogP contribution in [0.2, 0.25) is 0 Å². The largest absolute Gasteiger partial charge is 0.481 e. The molecule has 0 amide bonds. The van der Waals surface area contributed by atoms with E-state index in [-0.39, 0.29) is 6.42 Å². The molecular weight excluding hydrogens is 176 g/mol. The van der Waals surface area contributed by atoms with Gasteiger partial charge in [-0.05, 0) is 40.0 Å². The Kier molecular flexibility index (Phi) is 6.81. The SMILES string of the molecule is CC(C)=CCCC=C(C)CCC(=O)O. The third kappa shape index (κ3) is 9.04. The predicted molar refractivity (Wildman–Crippen MR) is 59.3 cm³/mol. The van der Waals surface area contributed by atoms with Crippen molar-refractivity contribution in [2.24, 2.45) is 0 Å². The molecule has 80 valence electrons. The van der Waals surface area contributed by atoms with Crippen LogP contribution >= 0.6 is 0 Å². The van der Waals surface area contributed by atoms with E-state index in [1.54, 1.807) is 0 Å². The normalized spacial score (nSPS) is 11.2. The fraction of sp³-hybridized carbons (Fsp3) is 0.583. The molecule has 0 saturated heterocycles. The summed E-state index contributed by atoms with van der Waals surface area (Å²) in [6.45, 7) is 6.16. The average molecular weight is 196 g/mol. The maximum atomic E-state index is 10.3. The third-order valence-corrected chi connectivity index (χ3v) is 1.95. The van der Waals surface area contributed by atoms with E-state index < -0.39 is 5.97 Å². The highest BCUT2D eigenvalue weighted by atomic mass is 16.4. The van der Waals surface area contributed by atoms with Gasteiger partial charge in [0.1, 0.15) is 0 Å². The van der Waals surface area contributed by atoms with Gasteiger partial charge >= 0.3 is 5.97 Å². The smallest absolute Gasteiger partial charge is 0.303 e. The van der Waals surface area contributed by atoms with Crippen molar-refractivity contribution in [3.05, 3.63) is 23.3 Å². The standard InChI is InChI=1S/C12H20O2/c1-10(2)6-4-5-7-11(3)8-9-12(13)14/h6-7H,4-5,8-9H2,1-3H3,(H,13,14). The zero-order valence-corrected chi connectivity index (χ0v) is 9.34. The summed E-state index contributed by atoms with van der Waals surface area (Å²) in [6, 6.07) is 0. The molecule has 0 fully saturated rings. The number of hydrogen-bond donors (Lipinski definition) is 1. The number of carboxylic acid groups (broad SMARTS) is 1. The van der Waals surface area contributed by atoms with Crippen molar-refractivity contribution in [1.82, 2.24) is 0 Å². The van der Waals surface area contributed by atoms with Gasteiger partial charge in [0.25, 0.3) is 0 Å². The van der Waals surface area contributed by atoms with Crippen molar-refractivity contribution in [3.63, 3.8) is 0 Å². The molecular formula is C12H20O2. The van der Waals surface area contributed by atoms with Crippen molar-refractivity contribution >= 4 is 5.97 Å². The van der Waals surface area contributed by atoms with E-state index >= 15 is 0 Å². The van der Waals surface area contributed by atoms with Crippen LogP contribution in [-0.2, 0) is 4.79 Å². The fourth-order valence-electron chi connectivity index (χ4n) is 1.11. The lowest BCUT2D eigenvalue weighted by Gasteiger charge is -1.97. The van der Waals surface area contributed by atoms with Gasteiger partial charge in [0.2, 0.25) is 0 Å². The molecule has 0 aliphatic heterocycles. The number of rotatable bonds is 6. The first-order valence-electron chi connectivity index (χ1n) is 5.03. The van der Waals surface area contributed by atoms with Crippen molar-refractivity contribution in [3.8, 4) is 0 Å². The summed E-state index contributed by atoms with van der Waals surface area (Å²) in [5, 5.41) is 8.47.